The highest BCUT2D eigenvalue weighted by molar-refractivity contribution is 5.79. The lowest BCUT2D eigenvalue weighted by Crippen LogP contribution is -2.69. The molecule has 30 heteroatoms. The van der Waals surface area contributed by atoms with Crippen molar-refractivity contribution in [3.63, 3.8) is 0 Å². The van der Waals surface area contributed by atoms with Gasteiger partial charge in [-0.05, 0) is 104 Å². The fraction of sp³-hybridized carbons (Fsp3) is 0.952. The fourth-order valence-corrected chi connectivity index (χ4v) is 18.5. The van der Waals surface area contributed by atoms with E-state index in [1.165, 1.54) is 6.92 Å². The Morgan fingerprint density at radius 1 is 0.543 bits per heavy atom. The van der Waals surface area contributed by atoms with Gasteiger partial charge in [0.25, 0.3) is 0 Å². The molecule has 0 aromatic rings. The molecule has 5 aliphatic carbocycles. The van der Waals surface area contributed by atoms with Gasteiger partial charge in [-0.3, -0.25) is 4.79 Å². The van der Waals surface area contributed by atoms with Crippen molar-refractivity contribution in [1.29, 1.82) is 0 Å². The van der Waals surface area contributed by atoms with Crippen molar-refractivity contribution in [2.24, 2.45) is 50.2 Å². The Labute approximate surface area is 532 Å². The molecule has 528 valence electrons. The summed E-state index contributed by atoms with van der Waals surface area (Å²) >= 11 is 0. The Morgan fingerprint density at radius 3 is 1.74 bits per heavy atom. The highest BCUT2D eigenvalue weighted by atomic mass is 16.8. The zero-order valence-corrected chi connectivity index (χ0v) is 53.1. The number of rotatable bonds is 16. The van der Waals surface area contributed by atoms with Crippen LogP contribution in [0.3, 0.4) is 0 Å². The molecule has 92 heavy (non-hydrogen) atoms. The van der Waals surface area contributed by atoms with Gasteiger partial charge in [0.2, 0.25) is 6.29 Å². The predicted molar refractivity (Wildman–Crippen MR) is 305 cm³/mol. The standard InChI is InChI=1S/C62H100O30/c1-26-41(87-48-39(74)42(31(69)20-81-48)88-52-45(76)61(79,22-65)24-83-52)43(89-53-46(77)62(80,23-66)25-84-53)40(75)50(85-26)90-44-35(70)30(68)19-82-51(44)92-54(78)60-14-12-55(2,3)16-28(60)27-8-9-34-56(4)17-29(67)47(91-49-38(73)37(72)36(71)32(18-63)86-49)57(5,21-64)33(56)10-11-59(34,7)58(27,6)13-15-60/h8,26,28-53,63-77,79-80H,9-25H2,1-7H3. The fourth-order valence-electron chi connectivity index (χ4n) is 18.5. The summed E-state index contributed by atoms with van der Waals surface area (Å²) in [4.78, 5) is 15.6. The van der Waals surface area contributed by atoms with Crippen LogP contribution in [-0.4, -0.2) is 304 Å². The zero-order valence-electron chi connectivity index (χ0n) is 53.1. The maximum absolute atomic E-state index is 15.6. The number of esters is 1. The third-order valence-electron chi connectivity index (χ3n) is 24.4. The molecule has 11 aliphatic rings. The van der Waals surface area contributed by atoms with Crippen molar-refractivity contribution in [2.45, 2.75) is 265 Å². The van der Waals surface area contributed by atoms with Crippen LogP contribution in [0.5, 0.6) is 0 Å². The van der Waals surface area contributed by atoms with Gasteiger partial charge in [0.1, 0.15) is 96.7 Å². The third kappa shape index (κ3) is 11.7. The molecule has 30 nitrogen and oxygen atoms in total. The first-order chi connectivity index (χ1) is 43.1. The van der Waals surface area contributed by atoms with Crippen molar-refractivity contribution in [2.75, 3.05) is 52.9 Å². The molecule has 6 aliphatic heterocycles. The molecule has 4 saturated carbocycles. The molecule has 0 aromatic heterocycles. The number of aliphatic hydroxyl groups excluding tert-OH is 15. The van der Waals surface area contributed by atoms with Gasteiger partial charge in [0, 0.05) is 5.41 Å². The summed E-state index contributed by atoms with van der Waals surface area (Å²) in [5.74, 6) is -1.29. The second kappa shape index (κ2) is 26.0. The summed E-state index contributed by atoms with van der Waals surface area (Å²) in [5, 5.41) is 186. The lowest BCUT2D eigenvalue weighted by Gasteiger charge is -2.72. The van der Waals surface area contributed by atoms with Crippen LogP contribution in [0, 0.1) is 50.2 Å². The molecule has 0 radical (unpaired) electrons. The molecule has 17 N–H and O–H groups in total. The van der Waals surface area contributed by atoms with Crippen LogP contribution in [0.25, 0.3) is 0 Å². The number of aliphatic hydroxyl groups is 17. The molecule has 0 aromatic carbocycles. The van der Waals surface area contributed by atoms with Crippen LogP contribution >= 0.6 is 0 Å². The van der Waals surface area contributed by atoms with Gasteiger partial charge in [-0.2, -0.15) is 0 Å². The maximum atomic E-state index is 15.6. The largest absolute Gasteiger partial charge is 0.432 e. The lowest BCUT2D eigenvalue weighted by atomic mass is 9.33. The number of carbonyl (C=O) groups excluding carboxylic acids is 1. The Morgan fingerprint density at radius 2 is 1.12 bits per heavy atom. The van der Waals surface area contributed by atoms with E-state index in [1.54, 1.807) is 0 Å². The van der Waals surface area contributed by atoms with Crippen molar-refractivity contribution in [1.82, 2.24) is 0 Å². The van der Waals surface area contributed by atoms with Crippen molar-refractivity contribution < 1.29 is 148 Å². The summed E-state index contributed by atoms with van der Waals surface area (Å²) in [6.45, 7) is 9.14. The average Bonchev–Trinajstić information content (AvgIpc) is 0.699. The van der Waals surface area contributed by atoms with Gasteiger partial charge < -0.3 is 144 Å². The Balaban J connectivity index is 0.831. The molecular weight excluding hydrogens is 1220 g/mol. The van der Waals surface area contributed by atoms with Crippen LogP contribution in [0.15, 0.2) is 11.6 Å². The lowest BCUT2D eigenvalue weighted by molar-refractivity contribution is -0.383. The molecule has 11 rings (SSSR count). The van der Waals surface area contributed by atoms with Crippen molar-refractivity contribution >= 4 is 5.97 Å². The number of hydrogen-bond acceptors (Lipinski definition) is 30. The molecule has 34 unspecified atom stereocenters. The number of carbonyl (C=O) groups is 1. The van der Waals surface area contributed by atoms with Gasteiger partial charge in [0.15, 0.2) is 37.6 Å². The Kier molecular flexibility index (Phi) is 20.2. The van der Waals surface area contributed by atoms with E-state index in [9.17, 15) is 86.8 Å². The quantitative estimate of drug-likeness (QED) is 0.0391. The molecule has 0 bridgehead atoms. The van der Waals surface area contributed by atoms with E-state index >= 15 is 4.79 Å². The molecule has 0 amide bonds. The normalized spacial score (nSPS) is 55.1. The van der Waals surface area contributed by atoms with Gasteiger partial charge in [-0.1, -0.05) is 53.2 Å². The topological polar surface area (TPSA) is 472 Å². The molecule has 0 spiro atoms. The first-order valence-corrected chi connectivity index (χ1v) is 32.5. The third-order valence-corrected chi connectivity index (χ3v) is 24.4. The van der Waals surface area contributed by atoms with E-state index in [1.807, 2.05) is 6.92 Å². The van der Waals surface area contributed by atoms with Crippen LogP contribution in [-0.2, 0) is 61.6 Å². The molecule has 34 atom stereocenters. The van der Waals surface area contributed by atoms with Crippen LogP contribution in [0.1, 0.15) is 106 Å². The van der Waals surface area contributed by atoms with Crippen LogP contribution in [0.4, 0.5) is 0 Å². The Bertz CT molecular complexity index is 2620. The van der Waals surface area contributed by atoms with Crippen molar-refractivity contribution in [3.05, 3.63) is 11.6 Å². The minimum Gasteiger partial charge on any atom is -0.432 e. The van der Waals surface area contributed by atoms with Crippen molar-refractivity contribution in [3.8, 4) is 0 Å². The average molecular weight is 1330 g/mol. The second-order valence-electron chi connectivity index (χ2n) is 30.4. The maximum Gasteiger partial charge on any atom is 0.315 e. The number of allylic oxidation sites excluding steroid dienone is 2. The smallest absolute Gasteiger partial charge is 0.315 e. The highest BCUT2D eigenvalue weighted by Gasteiger charge is 2.72. The number of fused-ring (bicyclic) bond motifs is 7. The Hall–Kier alpha value is -1.91. The summed E-state index contributed by atoms with van der Waals surface area (Å²) in [6, 6.07) is 0. The van der Waals surface area contributed by atoms with E-state index in [-0.39, 0.29) is 29.6 Å². The van der Waals surface area contributed by atoms with Crippen LogP contribution in [0.2, 0.25) is 0 Å². The summed E-state index contributed by atoms with van der Waals surface area (Å²) in [5.41, 5.74) is -7.24. The summed E-state index contributed by atoms with van der Waals surface area (Å²) < 4.78 is 71.8. The summed E-state index contributed by atoms with van der Waals surface area (Å²) in [6.07, 6.45) is -32.7. The molecule has 6 saturated heterocycles. The van der Waals surface area contributed by atoms with E-state index in [0.29, 0.717) is 51.4 Å². The van der Waals surface area contributed by atoms with Crippen LogP contribution < -0.4 is 0 Å². The van der Waals surface area contributed by atoms with Gasteiger partial charge in [0.05, 0.1) is 76.6 Å². The van der Waals surface area contributed by atoms with E-state index in [4.69, 9.17) is 56.8 Å². The number of hydrogen-bond donors (Lipinski definition) is 17. The van der Waals surface area contributed by atoms with E-state index in [2.05, 4.69) is 40.7 Å². The number of ether oxygens (including phenoxy) is 12. The van der Waals surface area contributed by atoms with E-state index < -0.39 is 245 Å². The summed E-state index contributed by atoms with van der Waals surface area (Å²) in [7, 11) is 0. The van der Waals surface area contributed by atoms with Gasteiger partial charge in [-0.25, -0.2) is 0 Å². The predicted octanol–water partition coefficient (Wildman–Crippen LogP) is -4.86. The molecule has 10 fully saturated rings. The monoisotopic (exact) mass is 1320 g/mol. The first kappa shape index (κ1) is 71.4. The van der Waals surface area contributed by atoms with Gasteiger partial charge in [-0.15, -0.1) is 0 Å². The van der Waals surface area contributed by atoms with Gasteiger partial charge >= 0.3 is 5.97 Å². The second-order valence-corrected chi connectivity index (χ2v) is 30.4. The first-order valence-electron chi connectivity index (χ1n) is 32.5. The minimum absolute atomic E-state index is 0.0561. The van der Waals surface area contributed by atoms with E-state index in [0.717, 1.165) is 5.57 Å². The molecule has 6 heterocycles. The molecular formula is C62H100O30. The minimum atomic E-state index is -2.22. The SMILES string of the molecule is CC1OC(OC2C(OC(=O)C34CCC(C)(C)CC3C3=CCC5C6(C)CC(O)C(OC7OC(CO)C(O)C(O)C7O)C(C)(CO)C6CCC5(C)C3(C)CC4)OCC(O)C2O)C(O)C(OC2OCC(O)(CO)C2O)C1OC1OCC(O)C(OC2OCC(O)(CO)C2O)C1O. The zero-order chi connectivity index (χ0) is 67.0. The highest BCUT2D eigenvalue weighted by Crippen LogP contribution is 2.76.